The lowest BCUT2D eigenvalue weighted by atomic mass is 10.2. The van der Waals surface area contributed by atoms with Gasteiger partial charge in [0, 0.05) is 26.2 Å². The molecule has 2 heterocycles. The summed E-state index contributed by atoms with van der Waals surface area (Å²) in [6.07, 6.45) is 1.31. The van der Waals surface area contributed by atoms with Gasteiger partial charge >= 0.3 is 0 Å². The van der Waals surface area contributed by atoms with Crippen molar-refractivity contribution in [2.45, 2.75) is 16.7 Å². The van der Waals surface area contributed by atoms with Crippen LogP contribution in [0.1, 0.15) is 5.56 Å². The lowest BCUT2D eigenvalue weighted by Crippen LogP contribution is -2.45. The van der Waals surface area contributed by atoms with Crippen LogP contribution in [-0.4, -0.2) is 56.5 Å². The van der Waals surface area contributed by atoms with Crippen LogP contribution in [0.15, 0.2) is 40.3 Å². The molecule has 0 aliphatic carbocycles. The average Bonchev–Trinajstić information content (AvgIpc) is 2.55. The first kappa shape index (κ1) is 16.7. The molecule has 8 heteroatoms. The van der Waals surface area contributed by atoms with E-state index in [-0.39, 0.29) is 15.6 Å². The van der Waals surface area contributed by atoms with Crippen molar-refractivity contribution in [3.63, 3.8) is 0 Å². The molecule has 24 heavy (non-hydrogen) atoms. The van der Waals surface area contributed by atoms with Gasteiger partial charge in [-0.25, -0.2) is 13.4 Å². The van der Waals surface area contributed by atoms with Crippen molar-refractivity contribution in [2.75, 3.05) is 43.9 Å². The van der Waals surface area contributed by atoms with Crippen molar-refractivity contribution in [3.8, 4) is 0 Å². The highest BCUT2D eigenvalue weighted by atomic mass is 32.2. The van der Waals surface area contributed by atoms with Crippen LogP contribution in [-0.2, 0) is 9.84 Å². The van der Waals surface area contributed by atoms with Gasteiger partial charge in [0.2, 0.25) is 15.8 Å². The number of nitrogens with two attached hydrogens (primary N) is 1. The molecule has 2 aromatic rings. The van der Waals surface area contributed by atoms with Crippen LogP contribution >= 0.6 is 0 Å². The Morgan fingerprint density at radius 3 is 2.29 bits per heavy atom. The highest BCUT2D eigenvalue weighted by Gasteiger charge is 2.24. The number of hydrogen-bond acceptors (Lipinski definition) is 7. The molecule has 0 unspecified atom stereocenters. The van der Waals surface area contributed by atoms with Gasteiger partial charge < -0.3 is 15.5 Å². The van der Waals surface area contributed by atoms with Crippen molar-refractivity contribution < 1.29 is 8.42 Å². The van der Waals surface area contributed by atoms with E-state index in [2.05, 4.69) is 21.9 Å². The van der Waals surface area contributed by atoms with Gasteiger partial charge in [0.25, 0.3) is 0 Å². The molecule has 0 amide bonds. The van der Waals surface area contributed by atoms with Gasteiger partial charge in [0.05, 0.1) is 11.1 Å². The zero-order chi connectivity index (χ0) is 17.3. The number of nitrogens with zero attached hydrogens (tertiary/aromatic N) is 4. The first-order chi connectivity index (χ1) is 11.4. The number of benzene rings is 1. The molecule has 0 bridgehead atoms. The van der Waals surface area contributed by atoms with Crippen molar-refractivity contribution in [3.05, 3.63) is 36.0 Å². The fraction of sp³-hybridized carbons (Fsp3) is 0.375. The number of rotatable bonds is 3. The fourth-order valence-electron chi connectivity index (χ4n) is 2.58. The smallest absolute Gasteiger partial charge is 0.227 e. The summed E-state index contributed by atoms with van der Waals surface area (Å²) < 4.78 is 25.4. The normalized spacial score (nSPS) is 16.3. The predicted octanol–water partition coefficient (Wildman–Crippen LogP) is 0.952. The molecule has 1 aliphatic rings. The molecule has 3 rings (SSSR count). The van der Waals surface area contributed by atoms with Crippen molar-refractivity contribution >= 4 is 21.6 Å². The van der Waals surface area contributed by atoms with Crippen LogP contribution in [0.3, 0.4) is 0 Å². The lowest BCUT2D eigenvalue weighted by Gasteiger charge is -2.32. The summed E-state index contributed by atoms with van der Waals surface area (Å²) in [5.41, 5.74) is 6.93. The van der Waals surface area contributed by atoms with Crippen LogP contribution in [0.25, 0.3) is 0 Å². The maximum atomic E-state index is 12.7. The fourth-order valence-corrected chi connectivity index (χ4v) is 3.85. The Morgan fingerprint density at radius 1 is 1.08 bits per heavy atom. The summed E-state index contributed by atoms with van der Waals surface area (Å²) in [6, 6.07) is 6.64. The number of sulfone groups is 1. The quantitative estimate of drug-likeness (QED) is 0.884. The van der Waals surface area contributed by atoms with Gasteiger partial charge in [0.15, 0.2) is 0 Å². The highest BCUT2D eigenvalue weighted by molar-refractivity contribution is 7.91. The Hall–Kier alpha value is -2.19. The lowest BCUT2D eigenvalue weighted by molar-refractivity contribution is 0.311. The minimum absolute atomic E-state index is 0.0143. The summed E-state index contributed by atoms with van der Waals surface area (Å²) in [5.74, 6) is 0.461. The average molecular weight is 347 g/mol. The van der Waals surface area contributed by atoms with E-state index in [9.17, 15) is 8.42 Å². The SMILES string of the molecule is Cc1ccc(S(=O)(=O)c2cnc(N3CCN(C)CC3)nc2N)cc1. The number of hydrogen-bond donors (Lipinski definition) is 1. The first-order valence-electron chi connectivity index (χ1n) is 7.76. The molecule has 1 fully saturated rings. The Bertz CT molecular complexity index is 828. The Balaban J connectivity index is 1.91. The summed E-state index contributed by atoms with van der Waals surface area (Å²) in [4.78, 5) is 12.8. The van der Waals surface area contributed by atoms with Gasteiger partial charge in [-0.1, -0.05) is 17.7 Å². The number of nitrogen functional groups attached to an aromatic ring is 1. The highest BCUT2D eigenvalue weighted by Crippen LogP contribution is 2.26. The molecule has 128 valence electrons. The third-order valence-corrected chi connectivity index (χ3v) is 5.96. The van der Waals surface area contributed by atoms with Gasteiger partial charge in [-0.2, -0.15) is 4.98 Å². The molecule has 1 aromatic carbocycles. The Kier molecular flexibility index (Phi) is 4.42. The van der Waals surface area contributed by atoms with Crippen LogP contribution in [0.2, 0.25) is 0 Å². The first-order valence-corrected chi connectivity index (χ1v) is 9.24. The van der Waals surface area contributed by atoms with E-state index in [1.807, 2.05) is 11.8 Å². The molecule has 0 radical (unpaired) electrons. The van der Waals surface area contributed by atoms with Gasteiger partial charge in [-0.05, 0) is 26.1 Å². The van der Waals surface area contributed by atoms with E-state index < -0.39 is 9.84 Å². The summed E-state index contributed by atoms with van der Waals surface area (Å²) in [7, 11) is -1.66. The molecule has 0 spiro atoms. The summed E-state index contributed by atoms with van der Waals surface area (Å²) in [6.45, 7) is 5.30. The van der Waals surface area contributed by atoms with Gasteiger partial charge in [0.1, 0.15) is 10.7 Å². The molecule has 7 nitrogen and oxygen atoms in total. The number of piperazine rings is 1. The standard InChI is InChI=1S/C16H21N5O2S/c1-12-3-5-13(6-4-12)24(22,23)14-11-18-16(19-15(14)17)21-9-7-20(2)8-10-21/h3-6,11H,7-10H2,1-2H3,(H2,17,18,19). The van der Waals surface area contributed by atoms with E-state index >= 15 is 0 Å². The molecule has 1 saturated heterocycles. The minimum atomic E-state index is -3.72. The second kappa shape index (κ2) is 6.37. The second-order valence-corrected chi connectivity index (χ2v) is 7.94. The van der Waals surface area contributed by atoms with Crippen LogP contribution in [0.5, 0.6) is 0 Å². The van der Waals surface area contributed by atoms with E-state index in [0.717, 1.165) is 31.7 Å². The maximum absolute atomic E-state index is 12.7. The molecule has 1 aliphatic heterocycles. The topological polar surface area (TPSA) is 92.4 Å². The zero-order valence-corrected chi connectivity index (χ0v) is 14.6. The van der Waals surface area contributed by atoms with E-state index in [1.54, 1.807) is 24.3 Å². The second-order valence-electron chi connectivity index (χ2n) is 6.03. The Morgan fingerprint density at radius 2 is 1.71 bits per heavy atom. The van der Waals surface area contributed by atoms with E-state index in [1.165, 1.54) is 6.20 Å². The monoisotopic (exact) mass is 347 g/mol. The Labute approximate surface area is 142 Å². The van der Waals surface area contributed by atoms with Crippen molar-refractivity contribution in [1.29, 1.82) is 0 Å². The van der Waals surface area contributed by atoms with Gasteiger partial charge in [-0.15, -0.1) is 0 Å². The zero-order valence-electron chi connectivity index (χ0n) is 13.8. The number of aromatic nitrogens is 2. The van der Waals surface area contributed by atoms with Crippen LogP contribution < -0.4 is 10.6 Å². The van der Waals surface area contributed by atoms with Crippen LogP contribution in [0.4, 0.5) is 11.8 Å². The number of likely N-dealkylation sites (N-methyl/N-ethyl adjacent to an activating group) is 1. The summed E-state index contributed by atoms with van der Waals surface area (Å²) >= 11 is 0. The summed E-state index contributed by atoms with van der Waals surface area (Å²) in [5, 5.41) is 0. The van der Waals surface area contributed by atoms with Crippen molar-refractivity contribution in [1.82, 2.24) is 14.9 Å². The third-order valence-electron chi connectivity index (χ3n) is 4.18. The number of anilines is 2. The minimum Gasteiger partial charge on any atom is -0.382 e. The molecule has 0 atom stereocenters. The van der Waals surface area contributed by atoms with E-state index in [0.29, 0.717) is 5.95 Å². The third kappa shape index (κ3) is 3.20. The molecular weight excluding hydrogens is 326 g/mol. The molecule has 1 aromatic heterocycles. The molecule has 2 N–H and O–H groups in total. The molecule has 0 saturated carbocycles. The van der Waals surface area contributed by atoms with Crippen molar-refractivity contribution in [2.24, 2.45) is 0 Å². The number of aryl methyl sites for hydroxylation is 1. The predicted molar refractivity (Wildman–Crippen MR) is 92.8 cm³/mol. The largest absolute Gasteiger partial charge is 0.382 e. The van der Waals surface area contributed by atoms with Crippen LogP contribution in [0, 0.1) is 6.92 Å². The maximum Gasteiger partial charge on any atom is 0.227 e. The van der Waals surface area contributed by atoms with E-state index in [4.69, 9.17) is 5.73 Å². The van der Waals surface area contributed by atoms with Gasteiger partial charge in [-0.3, -0.25) is 0 Å². The molecular formula is C16H21N5O2S.